The van der Waals surface area contributed by atoms with Crippen LogP contribution in [0.25, 0.3) is 0 Å². The topological polar surface area (TPSA) is 82.5 Å². The number of carboxylic acid groups (broad SMARTS) is 1. The summed E-state index contributed by atoms with van der Waals surface area (Å²) in [4.78, 5) is 15.1. The van der Waals surface area contributed by atoms with Gasteiger partial charge in [-0.2, -0.15) is 0 Å². The summed E-state index contributed by atoms with van der Waals surface area (Å²) in [6, 6.07) is 9.86. The average molecular weight is 258 g/mol. The fourth-order valence-electron chi connectivity index (χ4n) is 1.94. The molecule has 5 nitrogen and oxygen atoms in total. The van der Waals surface area contributed by atoms with E-state index in [1.807, 2.05) is 18.2 Å². The number of carbonyl (C=O) groups is 1. The van der Waals surface area contributed by atoms with E-state index in [0.29, 0.717) is 0 Å². The maximum absolute atomic E-state index is 10.9. The summed E-state index contributed by atoms with van der Waals surface area (Å²) in [5.41, 5.74) is 1.44. The van der Waals surface area contributed by atoms with E-state index in [1.54, 1.807) is 19.3 Å². The molecular formula is C14H14N2O3. The van der Waals surface area contributed by atoms with Crippen molar-refractivity contribution in [1.82, 2.24) is 10.3 Å². The molecule has 0 radical (unpaired) electrons. The van der Waals surface area contributed by atoms with Gasteiger partial charge in [-0.15, -0.1) is 0 Å². The molecule has 0 saturated heterocycles. The quantitative estimate of drug-likeness (QED) is 0.779. The van der Waals surface area contributed by atoms with Crippen molar-refractivity contribution in [3.63, 3.8) is 0 Å². The fraction of sp³-hybridized carbons (Fsp3) is 0.143. The molecular weight excluding hydrogens is 244 g/mol. The van der Waals surface area contributed by atoms with Crippen molar-refractivity contribution >= 4 is 5.97 Å². The van der Waals surface area contributed by atoms with Crippen molar-refractivity contribution < 1.29 is 15.0 Å². The molecule has 0 saturated carbocycles. The van der Waals surface area contributed by atoms with E-state index in [0.717, 1.165) is 11.3 Å². The molecule has 2 rings (SSSR count). The minimum absolute atomic E-state index is 0.111. The second-order valence-electron chi connectivity index (χ2n) is 4.06. The largest absolute Gasteiger partial charge is 0.507 e. The normalized spacial score (nSPS) is 12.1. The number of hydrogen-bond donors (Lipinski definition) is 3. The third kappa shape index (κ3) is 2.71. The van der Waals surface area contributed by atoms with Crippen LogP contribution in [-0.2, 0) is 0 Å². The van der Waals surface area contributed by atoms with E-state index >= 15 is 0 Å². The van der Waals surface area contributed by atoms with Gasteiger partial charge in [0.1, 0.15) is 11.3 Å². The van der Waals surface area contributed by atoms with Crippen molar-refractivity contribution in [2.75, 3.05) is 7.05 Å². The monoisotopic (exact) mass is 258 g/mol. The lowest BCUT2D eigenvalue weighted by molar-refractivity contribution is 0.0693. The highest BCUT2D eigenvalue weighted by Gasteiger charge is 2.16. The fourth-order valence-corrected chi connectivity index (χ4v) is 1.94. The Bertz CT molecular complexity index is 584. The van der Waals surface area contributed by atoms with Gasteiger partial charge in [0.2, 0.25) is 0 Å². The van der Waals surface area contributed by atoms with Gasteiger partial charge >= 0.3 is 5.97 Å². The molecule has 0 amide bonds. The van der Waals surface area contributed by atoms with Crippen molar-refractivity contribution in [2.24, 2.45) is 0 Å². The molecule has 0 spiro atoms. The van der Waals surface area contributed by atoms with Gasteiger partial charge < -0.3 is 15.5 Å². The first-order valence-electron chi connectivity index (χ1n) is 5.78. The lowest BCUT2D eigenvalue weighted by Crippen LogP contribution is -2.18. The van der Waals surface area contributed by atoms with Gasteiger partial charge in [0.25, 0.3) is 0 Å². The van der Waals surface area contributed by atoms with Crippen molar-refractivity contribution in [3.05, 3.63) is 59.4 Å². The molecule has 19 heavy (non-hydrogen) atoms. The first kappa shape index (κ1) is 13.0. The van der Waals surface area contributed by atoms with Crippen molar-refractivity contribution in [2.45, 2.75) is 6.04 Å². The number of phenols is 1. The number of nitrogens with one attached hydrogen (secondary N) is 1. The summed E-state index contributed by atoms with van der Waals surface area (Å²) in [7, 11) is 1.78. The van der Waals surface area contributed by atoms with E-state index in [9.17, 15) is 9.90 Å². The van der Waals surface area contributed by atoms with E-state index in [2.05, 4.69) is 10.3 Å². The molecule has 0 aliphatic carbocycles. The molecule has 0 bridgehead atoms. The number of aromatic hydroxyl groups is 1. The van der Waals surface area contributed by atoms with Gasteiger partial charge in [-0.1, -0.05) is 12.1 Å². The molecule has 0 aliphatic rings. The predicted octanol–water partition coefficient (Wildman–Crippen LogP) is 1.79. The standard InChI is InChI=1S/C14H14N2O3/c1-15-13(11-4-2-3-7-16-11)9-5-6-10(14(18)19)12(17)8-9/h2-8,13,15,17H,1H3,(H,18,19). The minimum atomic E-state index is -1.15. The van der Waals surface area contributed by atoms with E-state index < -0.39 is 5.97 Å². The second kappa shape index (κ2) is 5.49. The highest BCUT2D eigenvalue weighted by molar-refractivity contribution is 5.90. The van der Waals surface area contributed by atoms with E-state index in [4.69, 9.17) is 5.11 Å². The summed E-state index contributed by atoms with van der Waals surface area (Å²) in [6.45, 7) is 0. The zero-order valence-corrected chi connectivity index (χ0v) is 10.4. The molecule has 1 unspecified atom stereocenters. The zero-order chi connectivity index (χ0) is 13.8. The van der Waals surface area contributed by atoms with Crippen molar-refractivity contribution in [1.29, 1.82) is 0 Å². The number of hydrogen-bond acceptors (Lipinski definition) is 4. The molecule has 98 valence electrons. The molecule has 1 aromatic heterocycles. The Morgan fingerprint density at radius 2 is 2.11 bits per heavy atom. The van der Waals surface area contributed by atoms with Crippen molar-refractivity contribution in [3.8, 4) is 5.75 Å². The van der Waals surface area contributed by atoms with Crippen LogP contribution in [0.3, 0.4) is 0 Å². The van der Waals surface area contributed by atoms with Crippen LogP contribution in [0, 0.1) is 0 Å². The molecule has 1 aromatic carbocycles. The van der Waals surface area contributed by atoms with Crippen LogP contribution in [0.15, 0.2) is 42.6 Å². The molecule has 0 aliphatic heterocycles. The van der Waals surface area contributed by atoms with Crippen LogP contribution in [0.4, 0.5) is 0 Å². The smallest absolute Gasteiger partial charge is 0.339 e. The van der Waals surface area contributed by atoms with Gasteiger partial charge in [0, 0.05) is 6.20 Å². The third-order valence-corrected chi connectivity index (χ3v) is 2.86. The molecule has 0 fully saturated rings. The third-order valence-electron chi connectivity index (χ3n) is 2.86. The highest BCUT2D eigenvalue weighted by Crippen LogP contribution is 2.26. The van der Waals surface area contributed by atoms with Crippen LogP contribution >= 0.6 is 0 Å². The molecule has 1 heterocycles. The summed E-state index contributed by atoms with van der Waals surface area (Å²) >= 11 is 0. The van der Waals surface area contributed by atoms with Crippen LogP contribution < -0.4 is 5.32 Å². The average Bonchev–Trinajstić information content (AvgIpc) is 2.40. The Labute approximate surface area is 110 Å². The van der Waals surface area contributed by atoms with Gasteiger partial charge in [0.15, 0.2) is 0 Å². The Morgan fingerprint density at radius 3 is 2.63 bits per heavy atom. The van der Waals surface area contributed by atoms with Crippen LogP contribution in [-0.4, -0.2) is 28.2 Å². The van der Waals surface area contributed by atoms with Gasteiger partial charge in [0.05, 0.1) is 11.7 Å². The van der Waals surface area contributed by atoms with E-state index in [1.165, 1.54) is 12.1 Å². The summed E-state index contributed by atoms with van der Waals surface area (Å²) in [5.74, 6) is -1.40. The number of aromatic nitrogens is 1. The van der Waals surface area contributed by atoms with Crippen LogP contribution in [0.1, 0.15) is 27.7 Å². The number of aromatic carboxylic acids is 1. The second-order valence-corrected chi connectivity index (χ2v) is 4.06. The van der Waals surface area contributed by atoms with E-state index in [-0.39, 0.29) is 17.4 Å². The lowest BCUT2D eigenvalue weighted by Gasteiger charge is -2.16. The van der Waals surface area contributed by atoms with Gasteiger partial charge in [-0.3, -0.25) is 4.98 Å². The van der Waals surface area contributed by atoms with Gasteiger partial charge in [-0.05, 0) is 36.9 Å². The van der Waals surface area contributed by atoms with Gasteiger partial charge in [-0.25, -0.2) is 4.79 Å². The first-order chi connectivity index (χ1) is 9.13. The highest BCUT2D eigenvalue weighted by atomic mass is 16.4. The summed E-state index contributed by atoms with van der Waals surface area (Å²) in [5, 5.41) is 21.7. The first-order valence-corrected chi connectivity index (χ1v) is 5.78. The Balaban J connectivity index is 2.40. The summed E-state index contributed by atoms with van der Waals surface area (Å²) in [6.07, 6.45) is 1.69. The predicted molar refractivity (Wildman–Crippen MR) is 70.2 cm³/mol. The minimum Gasteiger partial charge on any atom is -0.507 e. The molecule has 3 N–H and O–H groups in total. The number of carboxylic acids is 1. The maximum atomic E-state index is 10.9. The molecule has 1 atom stereocenters. The van der Waals surface area contributed by atoms with Crippen LogP contribution in [0.5, 0.6) is 5.75 Å². The zero-order valence-electron chi connectivity index (χ0n) is 10.4. The number of nitrogens with zero attached hydrogens (tertiary/aromatic N) is 1. The maximum Gasteiger partial charge on any atom is 0.339 e. The number of rotatable bonds is 4. The summed E-state index contributed by atoms with van der Waals surface area (Å²) < 4.78 is 0. The van der Waals surface area contributed by atoms with Crippen LogP contribution in [0.2, 0.25) is 0 Å². The Hall–Kier alpha value is -2.40. The number of pyridine rings is 1. The molecule has 5 heteroatoms. The number of benzene rings is 1. The molecule has 2 aromatic rings. The SMILES string of the molecule is CNC(c1ccc(C(=O)O)c(O)c1)c1ccccn1. The Morgan fingerprint density at radius 1 is 1.32 bits per heavy atom. The lowest BCUT2D eigenvalue weighted by atomic mass is 10.0. The Kier molecular flexibility index (Phi) is 3.77.